The van der Waals surface area contributed by atoms with Crippen molar-refractivity contribution in [2.24, 2.45) is 0 Å². The summed E-state index contributed by atoms with van der Waals surface area (Å²) < 4.78 is 17.0. The van der Waals surface area contributed by atoms with Crippen molar-refractivity contribution in [2.45, 2.75) is 46.8 Å². The Kier molecular flexibility index (Phi) is 7.44. The Morgan fingerprint density at radius 2 is 1.54 bits per heavy atom. The lowest BCUT2D eigenvalue weighted by Gasteiger charge is -2.16. The summed E-state index contributed by atoms with van der Waals surface area (Å²) >= 11 is 0. The first-order chi connectivity index (χ1) is 13.2. The fraction of sp³-hybridized carbons (Fsp3) is 0.292. The normalized spacial score (nSPS) is 11.1. The zero-order chi connectivity index (χ0) is 20.7. The molecule has 0 aliphatic heterocycles. The summed E-state index contributed by atoms with van der Waals surface area (Å²) in [6, 6.07) is 12.6. The van der Waals surface area contributed by atoms with Gasteiger partial charge in [-0.3, -0.25) is 4.79 Å². The van der Waals surface area contributed by atoms with Crippen molar-refractivity contribution >= 4 is 11.9 Å². The van der Waals surface area contributed by atoms with E-state index >= 15 is 0 Å². The summed E-state index contributed by atoms with van der Waals surface area (Å²) in [6.45, 7) is 13.3. The topological polar surface area (TPSA) is 44.8 Å². The van der Waals surface area contributed by atoms with Gasteiger partial charge in [-0.2, -0.15) is 0 Å². The molecule has 0 bridgehead atoms. The van der Waals surface area contributed by atoms with Crippen LogP contribution in [0.2, 0.25) is 0 Å². The SMILES string of the molecule is C=C(C)Oc1ccc(C(=O)C=Cc2ccc(OC(C)C)cc2OC(C)C)cc1. The molecule has 0 unspecified atom stereocenters. The number of allylic oxidation sites excluding steroid dienone is 2. The molecule has 0 N–H and O–H groups in total. The van der Waals surface area contributed by atoms with Crippen LogP contribution >= 0.6 is 0 Å². The summed E-state index contributed by atoms with van der Waals surface area (Å²) in [5.41, 5.74) is 1.40. The van der Waals surface area contributed by atoms with Crippen molar-refractivity contribution in [3.05, 3.63) is 72.0 Å². The molecule has 0 amide bonds. The number of carbonyl (C=O) groups excluding carboxylic acids is 1. The van der Waals surface area contributed by atoms with Crippen molar-refractivity contribution in [1.29, 1.82) is 0 Å². The van der Waals surface area contributed by atoms with Crippen LogP contribution in [0.15, 0.2) is 60.9 Å². The summed E-state index contributed by atoms with van der Waals surface area (Å²) in [6.07, 6.45) is 3.39. The average molecular weight is 380 g/mol. The van der Waals surface area contributed by atoms with Gasteiger partial charge in [0.15, 0.2) is 5.78 Å². The number of carbonyl (C=O) groups is 1. The minimum atomic E-state index is -0.0973. The first-order valence-electron chi connectivity index (χ1n) is 9.38. The van der Waals surface area contributed by atoms with Gasteiger partial charge in [0.25, 0.3) is 0 Å². The molecule has 2 aromatic carbocycles. The Morgan fingerprint density at radius 3 is 2.11 bits per heavy atom. The van der Waals surface area contributed by atoms with Crippen LogP contribution < -0.4 is 14.2 Å². The van der Waals surface area contributed by atoms with Gasteiger partial charge in [0.05, 0.1) is 18.0 Å². The highest BCUT2D eigenvalue weighted by atomic mass is 16.5. The lowest BCUT2D eigenvalue weighted by Crippen LogP contribution is -2.09. The van der Waals surface area contributed by atoms with Crippen molar-refractivity contribution in [3.63, 3.8) is 0 Å². The second kappa shape index (κ2) is 9.79. The molecule has 0 atom stereocenters. The molecular weight excluding hydrogens is 352 g/mol. The lowest BCUT2D eigenvalue weighted by molar-refractivity contribution is 0.104. The number of hydrogen-bond acceptors (Lipinski definition) is 4. The molecule has 0 spiro atoms. The maximum Gasteiger partial charge on any atom is 0.185 e. The summed E-state index contributed by atoms with van der Waals surface area (Å²) in [7, 11) is 0. The van der Waals surface area contributed by atoms with Gasteiger partial charge in [0, 0.05) is 17.2 Å². The molecule has 2 aromatic rings. The smallest absolute Gasteiger partial charge is 0.185 e. The van der Waals surface area contributed by atoms with Gasteiger partial charge in [-0.05, 0) is 83.2 Å². The molecule has 4 heteroatoms. The highest BCUT2D eigenvalue weighted by molar-refractivity contribution is 6.07. The number of ether oxygens (including phenoxy) is 3. The van der Waals surface area contributed by atoms with Crippen molar-refractivity contribution in [2.75, 3.05) is 0 Å². The van der Waals surface area contributed by atoms with E-state index in [4.69, 9.17) is 14.2 Å². The van der Waals surface area contributed by atoms with E-state index in [-0.39, 0.29) is 18.0 Å². The van der Waals surface area contributed by atoms with Crippen LogP contribution in [0.1, 0.15) is 50.5 Å². The third-order valence-electron chi connectivity index (χ3n) is 3.56. The highest BCUT2D eigenvalue weighted by Gasteiger charge is 2.09. The third kappa shape index (κ3) is 6.62. The minimum absolute atomic E-state index is 0.0120. The van der Waals surface area contributed by atoms with E-state index in [2.05, 4.69) is 6.58 Å². The second-order valence-electron chi connectivity index (χ2n) is 7.06. The van der Waals surface area contributed by atoms with Gasteiger partial charge in [-0.15, -0.1) is 0 Å². The van der Waals surface area contributed by atoms with Gasteiger partial charge in [-0.25, -0.2) is 0 Å². The van der Waals surface area contributed by atoms with E-state index in [1.807, 2.05) is 45.9 Å². The third-order valence-corrected chi connectivity index (χ3v) is 3.56. The van der Waals surface area contributed by atoms with E-state index in [1.165, 1.54) is 0 Å². The summed E-state index contributed by atoms with van der Waals surface area (Å²) in [4.78, 5) is 12.5. The maximum absolute atomic E-state index is 12.5. The van der Waals surface area contributed by atoms with E-state index in [0.717, 1.165) is 11.3 Å². The van der Waals surface area contributed by atoms with Gasteiger partial charge < -0.3 is 14.2 Å². The summed E-state index contributed by atoms with van der Waals surface area (Å²) in [5.74, 6) is 2.58. The molecule has 0 aromatic heterocycles. The molecule has 4 nitrogen and oxygen atoms in total. The minimum Gasteiger partial charge on any atom is -0.491 e. The molecule has 0 fully saturated rings. The quantitative estimate of drug-likeness (QED) is 0.301. The predicted octanol–water partition coefficient (Wildman–Crippen LogP) is 6.07. The van der Waals surface area contributed by atoms with E-state index in [9.17, 15) is 4.79 Å². The number of benzene rings is 2. The number of hydrogen-bond donors (Lipinski definition) is 0. The van der Waals surface area contributed by atoms with Gasteiger partial charge in [0.1, 0.15) is 17.2 Å². The largest absolute Gasteiger partial charge is 0.491 e. The van der Waals surface area contributed by atoms with Crippen LogP contribution in [0.25, 0.3) is 6.08 Å². The Morgan fingerprint density at radius 1 is 0.929 bits per heavy atom. The molecule has 0 heterocycles. The highest BCUT2D eigenvalue weighted by Crippen LogP contribution is 2.28. The monoisotopic (exact) mass is 380 g/mol. The van der Waals surface area contributed by atoms with E-state index in [1.54, 1.807) is 43.3 Å². The van der Waals surface area contributed by atoms with Crippen LogP contribution in [0.4, 0.5) is 0 Å². The molecule has 28 heavy (non-hydrogen) atoms. The Labute approximate surface area is 167 Å². The van der Waals surface area contributed by atoms with Gasteiger partial charge >= 0.3 is 0 Å². The van der Waals surface area contributed by atoms with Gasteiger partial charge in [0.2, 0.25) is 0 Å². The van der Waals surface area contributed by atoms with Crippen molar-refractivity contribution < 1.29 is 19.0 Å². The first kappa shape index (κ1) is 21.3. The Bertz CT molecular complexity index is 845. The first-order valence-corrected chi connectivity index (χ1v) is 9.38. The molecule has 0 saturated heterocycles. The fourth-order valence-corrected chi connectivity index (χ4v) is 2.50. The van der Waals surface area contributed by atoms with Crippen LogP contribution in [0.5, 0.6) is 17.2 Å². The molecule has 0 radical (unpaired) electrons. The number of rotatable bonds is 9. The standard InChI is InChI=1S/C24H28O4/c1-16(2)26-21-11-7-19(8-12-21)23(25)14-10-20-9-13-22(27-17(3)4)15-24(20)28-18(5)6/h7-15,17-18H,1H2,2-6H3. The summed E-state index contributed by atoms with van der Waals surface area (Å²) in [5, 5.41) is 0. The molecular formula is C24H28O4. The second-order valence-corrected chi connectivity index (χ2v) is 7.06. The lowest BCUT2D eigenvalue weighted by atomic mass is 10.1. The Hall–Kier alpha value is -3.01. The fourth-order valence-electron chi connectivity index (χ4n) is 2.50. The average Bonchev–Trinajstić information content (AvgIpc) is 2.60. The Balaban J connectivity index is 2.19. The van der Waals surface area contributed by atoms with Crippen LogP contribution in [-0.2, 0) is 0 Å². The maximum atomic E-state index is 12.5. The molecule has 148 valence electrons. The molecule has 0 saturated carbocycles. The molecule has 0 aliphatic rings. The predicted molar refractivity (Wildman–Crippen MR) is 113 cm³/mol. The van der Waals surface area contributed by atoms with Crippen molar-refractivity contribution in [1.82, 2.24) is 0 Å². The molecule has 0 aliphatic carbocycles. The van der Waals surface area contributed by atoms with Crippen LogP contribution in [-0.4, -0.2) is 18.0 Å². The van der Waals surface area contributed by atoms with E-state index in [0.29, 0.717) is 22.8 Å². The number of ketones is 1. The van der Waals surface area contributed by atoms with E-state index < -0.39 is 0 Å². The zero-order valence-corrected chi connectivity index (χ0v) is 17.2. The van der Waals surface area contributed by atoms with Crippen LogP contribution in [0.3, 0.4) is 0 Å². The van der Waals surface area contributed by atoms with Crippen LogP contribution in [0, 0.1) is 0 Å². The molecule has 2 rings (SSSR count). The van der Waals surface area contributed by atoms with Crippen molar-refractivity contribution in [3.8, 4) is 17.2 Å². The zero-order valence-electron chi connectivity index (χ0n) is 17.2. The van der Waals surface area contributed by atoms with Gasteiger partial charge in [-0.1, -0.05) is 6.58 Å².